The number of rotatable bonds is 6. The van der Waals surface area contributed by atoms with Crippen LogP contribution >= 0.6 is 11.3 Å². The molecule has 1 amide bonds. The lowest BCUT2D eigenvalue weighted by Gasteiger charge is -2.23. The predicted molar refractivity (Wildman–Crippen MR) is 123 cm³/mol. The number of ether oxygens (including phenoxy) is 1. The first-order chi connectivity index (χ1) is 15.3. The molecule has 4 rings (SSSR count). The van der Waals surface area contributed by atoms with Crippen molar-refractivity contribution >= 4 is 28.8 Å². The van der Waals surface area contributed by atoms with Crippen LogP contribution in [0, 0.1) is 6.92 Å². The number of amides is 1. The average Bonchev–Trinajstić information content (AvgIpc) is 3.52. The zero-order chi connectivity index (χ0) is 23.0. The van der Waals surface area contributed by atoms with Crippen molar-refractivity contribution in [3.8, 4) is 5.75 Å². The van der Waals surface area contributed by atoms with Gasteiger partial charge in [0.25, 0.3) is 11.7 Å². The summed E-state index contributed by atoms with van der Waals surface area (Å²) >= 11 is 1.50. The Morgan fingerprint density at radius 2 is 2.03 bits per heavy atom. The van der Waals surface area contributed by atoms with Crippen molar-refractivity contribution in [3.63, 3.8) is 0 Å². The Morgan fingerprint density at radius 1 is 1.25 bits per heavy atom. The lowest BCUT2D eigenvalue weighted by molar-refractivity contribution is -0.140. The zero-order valence-corrected chi connectivity index (χ0v) is 19.2. The molecule has 166 valence electrons. The third-order valence-electron chi connectivity index (χ3n) is 5.71. The fourth-order valence-electron chi connectivity index (χ4n) is 4.08. The van der Waals surface area contributed by atoms with Crippen molar-refractivity contribution in [1.82, 2.24) is 4.90 Å². The molecule has 1 fully saturated rings. The van der Waals surface area contributed by atoms with Gasteiger partial charge in [0.05, 0.1) is 25.5 Å². The number of benzene rings is 1. The number of aryl methyl sites for hydroxylation is 1. The molecular weight excluding hydrogens is 426 g/mol. The van der Waals surface area contributed by atoms with Crippen molar-refractivity contribution in [2.45, 2.75) is 39.3 Å². The van der Waals surface area contributed by atoms with E-state index in [0.29, 0.717) is 11.3 Å². The molecule has 0 aliphatic carbocycles. The fraction of sp³-hybridized carbons (Fsp3) is 0.280. The number of nitrogens with zero attached hydrogens (tertiary/aromatic N) is 1. The molecule has 1 aliphatic heterocycles. The number of aliphatic hydroxyl groups excluding tert-OH is 1. The van der Waals surface area contributed by atoms with Gasteiger partial charge in [-0.2, -0.15) is 0 Å². The number of carbonyl (C=O) groups excluding carboxylic acids is 2. The number of aliphatic hydroxyl groups is 1. The second kappa shape index (κ2) is 8.67. The number of methoxy groups -OCH3 is 1. The zero-order valence-electron chi connectivity index (χ0n) is 18.4. The molecular formula is C25H25NO5S. The van der Waals surface area contributed by atoms with Gasteiger partial charge >= 0.3 is 0 Å². The summed E-state index contributed by atoms with van der Waals surface area (Å²) in [4.78, 5) is 28.6. The van der Waals surface area contributed by atoms with Crippen LogP contribution in [-0.2, 0) is 16.1 Å². The largest absolute Gasteiger partial charge is 0.507 e. The summed E-state index contributed by atoms with van der Waals surface area (Å²) in [5, 5.41) is 13.3. The molecule has 0 spiro atoms. The van der Waals surface area contributed by atoms with E-state index in [0.717, 1.165) is 21.8 Å². The maximum Gasteiger partial charge on any atom is 0.296 e. The van der Waals surface area contributed by atoms with Gasteiger partial charge in [-0.1, -0.05) is 19.9 Å². The summed E-state index contributed by atoms with van der Waals surface area (Å²) in [6, 6.07) is 10.1. The van der Waals surface area contributed by atoms with Crippen molar-refractivity contribution < 1.29 is 23.8 Å². The van der Waals surface area contributed by atoms with E-state index in [1.54, 1.807) is 19.2 Å². The van der Waals surface area contributed by atoms with Crippen LogP contribution in [-0.4, -0.2) is 28.8 Å². The molecule has 1 saturated heterocycles. The quantitative estimate of drug-likeness (QED) is 0.308. The molecule has 0 radical (unpaired) electrons. The summed E-state index contributed by atoms with van der Waals surface area (Å²) in [7, 11) is 1.60. The number of hydrogen-bond donors (Lipinski definition) is 1. The number of thiophene rings is 1. The van der Waals surface area contributed by atoms with Gasteiger partial charge in [0.15, 0.2) is 0 Å². The lowest BCUT2D eigenvalue weighted by atomic mass is 9.92. The van der Waals surface area contributed by atoms with E-state index in [1.165, 1.54) is 22.5 Å². The van der Waals surface area contributed by atoms with Gasteiger partial charge in [-0.15, -0.1) is 11.3 Å². The first kappa shape index (κ1) is 21.9. The van der Waals surface area contributed by atoms with Crippen LogP contribution in [0.2, 0.25) is 0 Å². The van der Waals surface area contributed by atoms with Gasteiger partial charge in [-0.3, -0.25) is 9.59 Å². The molecule has 0 saturated carbocycles. The molecule has 1 aliphatic rings. The van der Waals surface area contributed by atoms with Gasteiger partial charge in [0.1, 0.15) is 23.3 Å². The maximum absolute atomic E-state index is 13.1. The number of likely N-dealkylation sites (tertiary alicyclic amines) is 1. The summed E-state index contributed by atoms with van der Waals surface area (Å²) in [6.07, 6.45) is 1.50. The van der Waals surface area contributed by atoms with Crippen LogP contribution in [0.5, 0.6) is 5.75 Å². The molecule has 3 heterocycles. The van der Waals surface area contributed by atoms with Crippen molar-refractivity contribution in [3.05, 3.63) is 80.9 Å². The number of ketones is 1. The van der Waals surface area contributed by atoms with Crippen LogP contribution in [0.1, 0.15) is 53.1 Å². The first-order valence-electron chi connectivity index (χ1n) is 10.4. The minimum absolute atomic E-state index is 0.0319. The van der Waals surface area contributed by atoms with E-state index >= 15 is 0 Å². The maximum atomic E-state index is 13.1. The molecule has 6 nitrogen and oxygen atoms in total. The third kappa shape index (κ3) is 3.73. The molecule has 1 unspecified atom stereocenters. The fourth-order valence-corrected chi connectivity index (χ4v) is 4.79. The second-order valence-corrected chi connectivity index (χ2v) is 9.12. The topological polar surface area (TPSA) is 80.0 Å². The Labute approximate surface area is 190 Å². The van der Waals surface area contributed by atoms with Crippen LogP contribution in [0.25, 0.3) is 5.76 Å². The van der Waals surface area contributed by atoms with Gasteiger partial charge in [0.2, 0.25) is 0 Å². The second-order valence-electron chi connectivity index (χ2n) is 8.09. The molecule has 32 heavy (non-hydrogen) atoms. The highest BCUT2D eigenvalue weighted by Gasteiger charge is 2.47. The molecule has 1 atom stereocenters. The Bertz CT molecular complexity index is 1180. The highest BCUT2D eigenvalue weighted by atomic mass is 32.1. The molecule has 7 heteroatoms. The summed E-state index contributed by atoms with van der Waals surface area (Å²) < 4.78 is 11.1. The summed E-state index contributed by atoms with van der Waals surface area (Å²) in [6.45, 7) is 6.15. The number of hydrogen-bond acceptors (Lipinski definition) is 6. The molecule has 2 aromatic heterocycles. The van der Waals surface area contributed by atoms with Gasteiger partial charge in [0, 0.05) is 10.4 Å². The lowest BCUT2D eigenvalue weighted by Crippen LogP contribution is -2.28. The van der Waals surface area contributed by atoms with Crippen molar-refractivity contribution in [2.24, 2.45) is 0 Å². The van der Waals surface area contributed by atoms with Crippen LogP contribution < -0.4 is 4.74 Å². The molecule has 1 aromatic carbocycles. The van der Waals surface area contributed by atoms with E-state index in [2.05, 4.69) is 0 Å². The minimum Gasteiger partial charge on any atom is -0.507 e. The molecule has 1 N–H and O–H groups in total. The standard InChI is InChI=1S/C25H25NO5S/c1-14(2)17-12-18(15(3)11-20(17)30-4)23(27)21-22(19-8-5-9-31-19)26(25(29)24(21)28)13-16-7-6-10-32-16/h5-12,14,22,27H,13H2,1-4H3/b23-21+. The van der Waals surface area contributed by atoms with Gasteiger partial charge in [-0.25, -0.2) is 0 Å². The van der Waals surface area contributed by atoms with E-state index in [1.807, 2.05) is 50.4 Å². The third-order valence-corrected chi connectivity index (χ3v) is 6.57. The highest BCUT2D eigenvalue weighted by molar-refractivity contribution is 7.09. The Balaban J connectivity index is 1.89. The number of Topliss-reactive ketones (excluding diaryl/α,β-unsaturated/α-hetero) is 1. The Hall–Kier alpha value is -3.32. The van der Waals surface area contributed by atoms with E-state index in [9.17, 15) is 14.7 Å². The van der Waals surface area contributed by atoms with Crippen LogP contribution in [0.4, 0.5) is 0 Å². The van der Waals surface area contributed by atoms with Crippen molar-refractivity contribution in [2.75, 3.05) is 7.11 Å². The molecule has 3 aromatic rings. The van der Waals surface area contributed by atoms with Gasteiger partial charge in [-0.05, 0) is 59.7 Å². The summed E-state index contributed by atoms with van der Waals surface area (Å²) in [5.74, 6) is -0.301. The number of carbonyl (C=O) groups is 2. The first-order valence-corrected chi connectivity index (χ1v) is 11.2. The van der Waals surface area contributed by atoms with Crippen molar-refractivity contribution in [1.29, 1.82) is 0 Å². The van der Waals surface area contributed by atoms with Crippen LogP contribution in [0.3, 0.4) is 0 Å². The smallest absolute Gasteiger partial charge is 0.296 e. The normalized spacial score (nSPS) is 18.0. The average molecular weight is 452 g/mol. The van der Waals surface area contributed by atoms with E-state index in [-0.39, 0.29) is 23.8 Å². The Kier molecular flexibility index (Phi) is 5.93. The van der Waals surface area contributed by atoms with E-state index in [4.69, 9.17) is 9.15 Å². The Morgan fingerprint density at radius 3 is 2.62 bits per heavy atom. The van der Waals surface area contributed by atoms with Crippen LogP contribution in [0.15, 0.2) is 58.0 Å². The highest BCUT2D eigenvalue weighted by Crippen LogP contribution is 2.42. The summed E-state index contributed by atoms with van der Waals surface area (Å²) in [5.41, 5.74) is 2.18. The monoisotopic (exact) mass is 451 g/mol. The van der Waals surface area contributed by atoms with Gasteiger partial charge < -0.3 is 19.2 Å². The molecule has 0 bridgehead atoms. The minimum atomic E-state index is -0.809. The number of furan rings is 1. The van der Waals surface area contributed by atoms with E-state index < -0.39 is 17.7 Å². The predicted octanol–water partition coefficient (Wildman–Crippen LogP) is 5.40. The SMILES string of the molecule is COc1cc(C)c(/C(O)=C2\C(=O)C(=O)N(Cc3cccs3)C2c2ccco2)cc1C(C)C.